The summed E-state index contributed by atoms with van der Waals surface area (Å²) >= 11 is -2.48. The second-order valence-corrected chi connectivity index (χ2v) is 21.0. The van der Waals surface area contributed by atoms with Crippen molar-refractivity contribution >= 4 is 44.6 Å². The van der Waals surface area contributed by atoms with Crippen LogP contribution in [0.1, 0.15) is 64.9 Å². The van der Waals surface area contributed by atoms with Crippen molar-refractivity contribution in [2.45, 2.75) is 79.5 Å². The first kappa shape index (κ1) is 21.3. The van der Waals surface area contributed by atoms with Gasteiger partial charge >= 0.3 is 163 Å². The number of nitrogen functional groups attached to an aromatic ring is 2. The molecule has 1 heterocycles. The normalized spacial score (nSPS) is 12.0. The van der Waals surface area contributed by atoms with Gasteiger partial charge in [0.1, 0.15) is 0 Å². The Hall–Kier alpha value is -1.04. The van der Waals surface area contributed by atoms with Gasteiger partial charge in [-0.25, -0.2) is 0 Å². The maximum atomic E-state index is 6.14. The first-order chi connectivity index (χ1) is 12.5. The number of unbranched alkanes of at least 4 members (excludes halogenated alkanes) is 3. The van der Waals surface area contributed by atoms with Gasteiger partial charge < -0.3 is 0 Å². The van der Waals surface area contributed by atoms with Crippen molar-refractivity contribution in [3.8, 4) is 0 Å². The van der Waals surface area contributed by atoms with Crippen LogP contribution in [0.3, 0.4) is 0 Å². The average Bonchev–Trinajstić information content (AvgIpc) is 2.60. The summed E-state index contributed by atoms with van der Waals surface area (Å²) in [4.78, 5) is 8.70. The standard InChI is InChI=1S/C9H9N4.3C4H9.Sn/c1-5-3-2-4-6-7(5)8(10)13-9(11)12-6;3*1-3-4-2;/h3-4H,1H3,(H4,10,11,12,13);3*1,3-4H2,2H3;. The third-order valence-corrected chi connectivity index (χ3v) is 21.2. The topological polar surface area (TPSA) is 77.8 Å². The van der Waals surface area contributed by atoms with Crippen LogP contribution in [0.2, 0.25) is 13.3 Å². The number of benzene rings is 1. The van der Waals surface area contributed by atoms with E-state index in [-0.39, 0.29) is 5.95 Å². The van der Waals surface area contributed by atoms with E-state index in [1.54, 1.807) is 3.58 Å². The van der Waals surface area contributed by atoms with Crippen LogP contribution in [-0.4, -0.2) is 28.3 Å². The fourth-order valence-electron chi connectivity index (χ4n) is 4.18. The number of hydrogen-bond donors (Lipinski definition) is 2. The molecule has 0 saturated carbocycles. The molecule has 0 saturated heterocycles. The van der Waals surface area contributed by atoms with E-state index in [9.17, 15) is 0 Å². The van der Waals surface area contributed by atoms with E-state index in [4.69, 9.17) is 11.5 Å². The van der Waals surface area contributed by atoms with Gasteiger partial charge in [0.05, 0.1) is 0 Å². The molecule has 1 aromatic heterocycles. The third kappa shape index (κ3) is 4.81. The minimum atomic E-state index is -2.48. The summed E-state index contributed by atoms with van der Waals surface area (Å²) in [5.41, 5.74) is 14.2. The van der Waals surface area contributed by atoms with Gasteiger partial charge in [-0.15, -0.1) is 0 Å². The number of aryl methyl sites for hydroxylation is 1. The van der Waals surface area contributed by atoms with E-state index in [1.807, 2.05) is 0 Å². The molecule has 0 atom stereocenters. The monoisotopic (exact) mass is 464 g/mol. The summed E-state index contributed by atoms with van der Waals surface area (Å²) < 4.78 is 5.97. The molecule has 0 bridgehead atoms. The maximum absolute atomic E-state index is 6.14. The van der Waals surface area contributed by atoms with E-state index < -0.39 is 18.4 Å². The van der Waals surface area contributed by atoms with Gasteiger partial charge in [-0.3, -0.25) is 0 Å². The van der Waals surface area contributed by atoms with Crippen molar-refractivity contribution in [1.82, 2.24) is 9.97 Å². The second kappa shape index (κ2) is 9.77. The summed E-state index contributed by atoms with van der Waals surface area (Å²) in [6.45, 7) is 9.10. The molecule has 26 heavy (non-hydrogen) atoms. The zero-order chi connectivity index (χ0) is 19.2. The molecule has 0 unspecified atom stereocenters. The van der Waals surface area contributed by atoms with Crippen LogP contribution in [0.4, 0.5) is 11.8 Å². The Balaban J connectivity index is 2.60. The van der Waals surface area contributed by atoms with Gasteiger partial charge in [0.15, 0.2) is 0 Å². The van der Waals surface area contributed by atoms with Crippen LogP contribution >= 0.6 is 0 Å². The van der Waals surface area contributed by atoms with Gasteiger partial charge in [-0.1, -0.05) is 0 Å². The Morgan fingerprint density at radius 3 is 1.88 bits per heavy atom. The van der Waals surface area contributed by atoms with Crippen LogP contribution in [0.25, 0.3) is 10.9 Å². The van der Waals surface area contributed by atoms with Crippen LogP contribution in [-0.2, 0) is 0 Å². The number of hydrogen-bond acceptors (Lipinski definition) is 4. The first-order valence-electron chi connectivity index (χ1n) is 10.3. The predicted molar refractivity (Wildman–Crippen MR) is 118 cm³/mol. The van der Waals surface area contributed by atoms with Crippen LogP contribution in [0.15, 0.2) is 12.1 Å². The molecule has 0 radical (unpaired) electrons. The van der Waals surface area contributed by atoms with Gasteiger partial charge in [-0.05, 0) is 0 Å². The first-order valence-corrected chi connectivity index (χ1v) is 17.8. The Morgan fingerprint density at radius 1 is 0.846 bits per heavy atom. The van der Waals surface area contributed by atoms with Crippen molar-refractivity contribution in [2.75, 3.05) is 11.5 Å². The average molecular weight is 463 g/mol. The number of nitrogens with two attached hydrogens (primary N) is 2. The predicted octanol–water partition coefficient (Wildman–Crippen LogP) is 5.16. The molecule has 0 aliphatic rings. The SMILES string of the molecule is CCC[CH2][Sn]([CH2]CCC)([CH2]CCC)[c]1cc(C)c2c(N)nc(N)nc2c1. The fraction of sp³-hybridized carbons (Fsp3) is 0.619. The van der Waals surface area contributed by atoms with Crippen LogP contribution in [0, 0.1) is 6.92 Å². The quantitative estimate of drug-likeness (QED) is 0.478. The van der Waals surface area contributed by atoms with Crippen molar-refractivity contribution in [3.05, 3.63) is 17.7 Å². The summed E-state index contributed by atoms with van der Waals surface area (Å²) in [7, 11) is 0. The number of rotatable bonds is 10. The molecule has 1 aromatic carbocycles. The van der Waals surface area contributed by atoms with E-state index in [0.29, 0.717) is 5.82 Å². The second-order valence-electron chi connectivity index (χ2n) is 7.75. The summed E-state index contributed by atoms with van der Waals surface area (Å²) in [5, 5.41) is 0.976. The molecule has 2 aromatic rings. The number of anilines is 2. The molecule has 0 aliphatic heterocycles. The molecular formula is C21H36N4Sn. The molecule has 0 fully saturated rings. The van der Waals surface area contributed by atoms with Gasteiger partial charge in [0, 0.05) is 0 Å². The van der Waals surface area contributed by atoms with Crippen LogP contribution < -0.4 is 15.0 Å². The van der Waals surface area contributed by atoms with E-state index in [1.165, 1.54) is 57.4 Å². The Labute approximate surface area is 163 Å². The van der Waals surface area contributed by atoms with Crippen molar-refractivity contribution in [1.29, 1.82) is 0 Å². The zero-order valence-electron chi connectivity index (χ0n) is 17.1. The van der Waals surface area contributed by atoms with Gasteiger partial charge in [-0.2, -0.15) is 0 Å². The Morgan fingerprint density at radius 2 is 1.38 bits per heavy atom. The summed E-state index contributed by atoms with van der Waals surface area (Å²) in [5.74, 6) is 0.788. The summed E-state index contributed by atoms with van der Waals surface area (Å²) in [6, 6.07) is 4.75. The molecule has 2 rings (SSSR count). The van der Waals surface area contributed by atoms with Crippen molar-refractivity contribution < 1.29 is 0 Å². The molecule has 4 N–H and O–H groups in total. The van der Waals surface area contributed by atoms with Crippen LogP contribution in [0.5, 0.6) is 0 Å². The molecule has 0 amide bonds. The molecule has 144 valence electrons. The fourth-order valence-corrected chi connectivity index (χ4v) is 20.4. The summed E-state index contributed by atoms with van der Waals surface area (Å²) in [6.07, 6.45) is 7.92. The number of aromatic nitrogens is 2. The van der Waals surface area contributed by atoms with Crippen molar-refractivity contribution in [2.24, 2.45) is 0 Å². The van der Waals surface area contributed by atoms with E-state index >= 15 is 0 Å². The number of fused-ring (bicyclic) bond motifs is 1. The van der Waals surface area contributed by atoms with Gasteiger partial charge in [0.2, 0.25) is 0 Å². The molecule has 5 heteroatoms. The molecule has 4 nitrogen and oxygen atoms in total. The Kier molecular flexibility index (Phi) is 7.99. The zero-order valence-corrected chi connectivity index (χ0v) is 19.9. The Bertz CT molecular complexity index is 708. The van der Waals surface area contributed by atoms with Crippen molar-refractivity contribution in [3.63, 3.8) is 0 Å². The third-order valence-electron chi connectivity index (χ3n) is 5.68. The molecular weight excluding hydrogens is 427 g/mol. The molecule has 0 aliphatic carbocycles. The van der Waals surface area contributed by atoms with Gasteiger partial charge in [0.25, 0.3) is 0 Å². The number of nitrogens with zero attached hydrogens (tertiary/aromatic N) is 2. The van der Waals surface area contributed by atoms with E-state index in [2.05, 4.69) is 49.8 Å². The molecule has 0 spiro atoms. The van der Waals surface area contributed by atoms with E-state index in [0.717, 1.165) is 10.9 Å². The minimum absolute atomic E-state index is 0.281.